The molecular weight excluding hydrogens is 228 g/mol. The molecule has 0 amide bonds. The Morgan fingerprint density at radius 2 is 2.06 bits per heavy atom. The van der Waals surface area contributed by atoms with E-state index in [0.29, 0.717) is 6.10 Å². The SMILES string of the molecule is COc1cccc(N2CCN(C[C@H]3CO3)CC2)c1. The smallest absolute Gasteiger partial charge is 0.120 e. The van der Waals surface area contributed by atoms with Gasteiger partial charge in [0.25, 0.3) is 0 Å². The van der Waals surface area contributed by atoms with Crippen molar-refractivity contribution in [2.24, 2.45) is 0 Å². The van der Waals surface area contributed by atoms with Crippen molar-refractivity contribution in [3.05, 3.63) is 24.3 Å². The molecule has 0 aliphatic carbocycles. The molecule has 0 radical (unpaired) electrons. The maximum atomic E-state index is 5.28. The van der Waals surface area contributed by atoms with Crippen molar-refractivity contribution in [1.82, 2.24) is 4.90 Å². The van der Waals surface area contributed by atoms with Gasteiger partial charge in [0.15, 0.2) is 0 Å². The minimum absolute atomic E-state index is 0.508. The summed E-state index contributed by atoms with van der Waals surface area (Å²) in [6.45, 7) is 6.47. The lowest BCUT2D eigenvalue weighted by Crippen LogP contribution is -2.47. The Hall–Kier alpha value is -1.26. The molecule has 2 fully saturated rings. The van der Waals surface area contributed by atoms with Gasteiger partial charge in [0.05, 0.1) is 19.8 Å². The highest BCUT2D eigenvalue weighted by Gasteiger charge is 2.27. The van der Waals surface area contributed by atoms with E-state index in [1.807, 2.05) is 6.07 Å². The van der Waals surface area contributed by atoms with Crippen molar-refractivity contribution in [1.29, 1.82) is 0 Å². The molecule has 1 aromatic carbocycles. The van der Waals surface area contributed by atoms with Gasteiger partial charge in [-0.25, -0.2) is 0 Å². The molecule has 2 aliphatic rings. The summed E-state index contributed by atoms with van der Waals surface area (Å²) in [5.74, 6) is 0.932. The Kier molecular flexibility index (Phi) is 3.39. The van der Waals surface area contributed by atoms with Gasteiger partial charge in [-0.05, 0) is 12.1 Å². The van der Waals surface area contributed by atoms with E-state index in [1.165, 1.54) is 5.69 Å². The molecule has 4 heteroatoms. The Bertz CT molecular complexity index is 399. The number of piperazine rings is 1. The molecule has 18 heavy (non-hydrogen) atoms. The highest BCUT2D eigenvalue weighted by atomic mass is 16.6. The van der Waals surface area contributed by atoms with Gasteiger partial charge >= 0.3 is 0 Å². The maximum absolute atomic E-state index is 5.28. The van der Waals surface area contributed by atoms with E-state index in [-0.39, 0.29) is 0 Å². The zero-order chi connectivity index (χ0) is 12.4. The number of benzene rings is 1. The number of nitrogens with zero attached hydrogens (tertiary/aromatic N) is 2. The third-order valence-electron chi connectivity index (χ3n) is 3.65. The predicted molar refractivity (Wildman–Crippen MR) is 71.4 cm³/mol. The van der Waals surface area contributed by atoms with Gasteiger partial charge in [0.1, 0.15) is 5.75 Å². The van der Waals surface area contributed by atoms with Gasteiger partial charge in [-0.1, -0.05) is 6.07 Å². The minimum atomic E-state index is 0.508. The largest absolute Gasteiger partial charge is 0.497 e. The predicted octanol–water partition coefficient (Wildman–Crippen LogP) is 1.22. The van der Waals surface area contributed by atoms with Crippen LogP contribution in [0.1, 0.15) is 0 Å². The molecule has 3 rings (SSSR count). The van der Waals surface area contributed by atoms with E-state index in [0.717, 1.165) is 45.1 Å². The van der Waals surface area contributed by atoms with Gasteiger partial charge in [0, 0.05) is 44.5 Å². The molecule has 98 valence electrons. The molecule has 0 bridgehead atoms. The summed E-state index contributed by atoms with van der Waals surface area (Å²) in [4.78, 5) is 4.92. The zero-order valence-electron chi connectivity index (χ0n) is 10.8. The minimum Gasteiger partial charge on any atom is -0.497 e. The number of methoxy groups -OCH3 is 1. The second-order valence-corrected chi connectivity index (χ2v) is 4.94. The molecule has 4 nitrogen and oxygen atoms in total. The highest BCUT2D eigenvalue weighted by Crippen LogP contribution is 2.22. The van der Waals surface area contributed by atoms with E-state index in [4.69, 9.17) is 9.47 Å². The van der Waals surface area contributed by atoms with Crippen molar-refractivity contribution in [3.63, 3.8) is 0 Å². The molecule has 0 saturated carbocycles. The number of epoxide rings is 1. The van der Waals surface area contributed by atoms with Crippen molar-refractivity contribution in [3.8, 4) is 5.75 Å². The van der Waals surface area contributed by atoms with Crippen LogP contribution < -0.4 is 9.64 Å². The lowest BCUT2D eigenvalue weighted by molar-refractivity contribution is 0.230. The average molecular weight is 248 g/mol. The van der Waals surface area contributed by atoms with Gasteiger partial charge in [-0.2, -0.15) is 0 Å². The first-order chi connectivity index (χ1) is 8.85. The molecule has 0 unspecified atom stereocenters. The van der Waals surface area contributed by atoms with Crippen LogP contribution in [-0.4, -0.2) is 57.4 Å². The van der Waals surface area contributed by atoms with Crippen molar-refractivity contribution in [2.45, 2.75) is 6.10 Å². The molecule has 1 atom stereocenters. The number of anilines is 1. The van der Waals surface area contributed by atoms with Crippen LogP contribution >= 0.6 is 0 Å². The Balaban J connectivity index is 1.57. The van der Waals surface area contributed by atoms with Gasteiger partial charge in [-0.3, -0.25) is 4.90 Å². The van der Waals surface area contributed by atoms with Gasteiger partial charge in [-0.15, -0.1) is 0 Å². The Labute approximate surface area is 108 Å². The van der Waals surface area contributed by atoms with Crippen LogP contribution in [0, 0.1) is 0 Å². The van der Waals surface area contributed by atoms with E-state index in [9.17, 15) is 0 Å². The van der Waals surface area contributed by atoms with E-state index >= 15 is 0 Å². The summed E-state index contributed by atoms with van der Waals surface area (Å²) < 4.78 is 10.6. The molecule has 0 N–H and O–H groups in total. The van der Waals surface area contributed by atoms with Crippen molar-refractivity contribution in [2.75, 3.05) is 51.3 Å². The van der Waals surface area contributed by atoms with Crippen LogP contribution in [0.25, 0.3) is 0 Å². The summed E-state index contributed by atoms with van der Waals surface area (Å²) in [5.41, 5.74) is 1.26. The third kappa shape index (κ3) is 2.76. The molecule has 2 heterocycles. The quantitative estimate of drug-likeness (QED) is 0.749. The Morgan fingerprint density at radius 3 is 2.72 bits per heavy atom. The monoisotopic (exact) mass is 248 g/mol. The second-order valence-electron chi connectivity index (χ2n) is 4.94. The van der Waals surface area contributed by atoms with Crippen LogP contribution in [-0.2, 0) is 4.74 Å². The number of hydrogen-bond donors (Lipinski definition) is 0. The lowest BCUT2D eigenvalue weighted by Gasteiger charge is -2.35. The molecule has 2 saturated heterocycles. The fourth-order valence-electron chi connectivity index (χ4n) is 2.46. The van der Waals surface area contributed by atoms with Gasteiger partial charge in [0.2, 0.25) is 0 Å². The fraction of sp³-hybridized carbons (Fsp3) is 0.571. The van der Waals surface area contributed by atoms with E-state index < -0.39 is 0 Å². The van der Waals surface area contributed by atoms with Crippen LogP contribution in [0.2, 0.25) is 0 Å². The molecule has 0 spiro atoms. The summed E-state index contributed by atoms with van der Waals surface area (Å²) in [6, 6.07) is 8.31. The molecule has 2 aliphatic heterocycles. The normalized spacial score (nSPS) is 24.1. The van der Waals surface area contributed by atoms with Crippen LogP contribution in [0.3, 0.4) is 0 Å². The first-order valence-corrected chi connectivity index (χ1v) is 6.58. The van der Waals surface area contributed by atoms with E-state index in [1.54, 1.807) is 7.11 Å². The molecular formula is C14H20N2O2. The standard InChI is InChI=1S/C14H20N2O2/c1-17-13-4-2-3-12(9-13)16-7-5-15(6-8-16)10-14-11-18-14/h2-4,9,14H,5-8,10-11H2,1H3/t14-/m0/s1. The highest BCUT2D eigenvalue weighted by molar-refractivity contribution is 5.51. The van der Waals surface area contributed by atoms with E-state index in [2.05, 4.69) is 28.0 Å². The number of rotatable bonds is 4. The fourth-order valence-corrected chi connectivity index (χ4v) is 2.46. The number of hydrogen-bond acceptors (Lipinski definition) is 4. The lowest BCUT2D eigenvalue weighted by atomic mass is 10.2. The van der Waals surface area contributed by atoms with Crippen LogP contribution in [0.5, 0.6) is 5.75 Å². The first kappa shape index (κ1) is 11.8. The maximum Gasteiger partial charge on any atom is 0.120 e. The summed E-state index contributed by atoms with van der Waals surface area (Å²) in [7, 11) is 1.71. The zero-order valence-corrected chi connectivity index (χ0v) is 10.8. The summed E-state index contributed by atoms with van der Waals surface area (Å²) in [6.07, 6.45) is 0.508. The van der Waals surface area contributed by atoms with Crippen LogP contribution in [0.4, 0.5) is 5.69 Å². The van der Waals surface area contributed by atoms with Gasteiger partial charge < -0.3 is 14.4 Å². The third-order valence-corrected chi connectivity index (χ3v) is 3.65. The molecule has 1 aromatic rings. The Morgan fingerprint density at radius 1 is 1.28 bits per heavy atom. The topological polar surface area (TPSA) is 28.2 Å². The van der Waals surface area contributed by atoms with Crippen molar-refractivity contribution < 1.29 is 9.47 Å². The molecule has 0 aromatic heterocycles. The summed E-state index contributed by atoms with van der Waals surface area (Å²) >= 11 is 0. The average Bonchev–Trinajstić information content (AvgIpc) is 3.24. The second kappa shape index (κ2) is 5.16. The van der Waals surface area contributed by atoms with Crippen LogP contribution in [0.15, 0.2) is 24.3 Å². The first-order valence-electron chi connectivity index (χ1n) is 6.58. The summed E-state index contributed by atoms with van der Waals surface area (Å²) in [5, 5.41) is 0. The number of ether oxygens (including phenoxy) is 2. The van der Waals surface area contributed by atoms with Crippen molar-refractivity contribution >= 4 is 5.69 Å².